The van der Waals surface area contributed by atoms with Crippen molar-refractivity contribution in [1.29, 1.82) is 0 Å². The number of ether oxygens (including phenoxy) is 2. The summed E-state index contributed by atoms with van der Waals surface area (Å²) in [5.41, 5.74) is 0. The first kappa shape index (κ1) is 10.4. The van der Waals surface area contributed by atoms with Crippen LogP contribution in [0.1, 0.15) is 0 Å². The van der Waals surface area contributed by atoms with Crippen LogP contribution in [0.2, 0.25) is 19.8 Å². The van der Waals surface area contributed by atoms with Gasteiger partial charge in [-0.1, -0.05) is 0 Å². The van der Waals surface area contributed by atoms with Crippen molar-refractivity contribution in [1.82, 2.24) is 0 Å². The van der Waals surface area contributed by atoms with Crippen molar-refractivity contribution in [2.75, 3.05) is 6.79 Å². The Morgan fingerprint density at radius 3 is 2.57 bits per heavy atom. The average molecular weight is 319 g/mol. The van der Waals surface area contributed by atoms with Gasteiger partial charge < -0.3 is 0 Å². The topological polar surface area (TPSA) is 18.5 Å². The minimum absolute atomic E-state index is 0.290. The molecule has 0 amide bonds. The first-order chi connectivity index (χ1) is 6.48. The molecule has 14 heavy (non-hydrogen) atoms. The van der Waals surface area contributed by atoms with E-state index in [1.54, 1.807) is 0 Å². The summed E-state index contributed by atoms with van der Waals surface area (Å²) >= 11 is 4.06. The molecule has 0 saturated carbocycles. The van der Waals surface area contributed by atoms with Crippen molar-refractivity contribution in [2.24, 2.45) is 0 Å². The summed E-state index contributed by atoms with van der Waals surface area (Å²) in [7, 11) is 0. The molecule has 1 aliphatic rings. The summed E-state index contributed by atoms with van der Waals surface area (Å²) in [6.07, 6.45) is 0. The van der Waals surface area contributed by atoms with Gasteiger partial charge in [-0.3, -0.25) is 0 Å². The maximum absolute atomic E-state index is 6.11. The molecule has 2 rings (SSSR count). The van der Waals surface area contributed by atoms with Crippen molar-refractivity contribution in [3.05, 3.63) is 17.2 Å². The SMILES string of the molecule is [CH3][Sn]([CH3])([CH3])[c]1cc(Cl)c2c(c1)OCO2. The van der Waals surface area contributed by atoms with E-state index < -0.39 is 18.4 Å². The van der Waals surface area contributed by atoms with E-state index in [9.17, 15) is 0 Å². The maximum atomic E-state index is 6.11. The summed E-state index contributed by atoms with van der Waals surface area (Å²) in [6, 6.07) is 4.12. The van der Waals surface area contributed by atoms with Crippen molar-refractivity contribution in [3.8, 4) is 11.5 Å². The average Bonchev–Trinajstić information content (AvgIpc) is 2.50. The third-order valence-electron chi connectivity index (χ3n) is 2.29. The number of halogens is 1. The van der Waals surface area contributed by atoms with Gasteiger partial charge in [0.1, 0.15) is 0 Å². The Morgan fingerprint density at radius 1 is 1.21 bits per heavy atom. The van der Waals surface area contributed by atoms with Gasteiger partial charge >= 0.3 is 93.3 Å². The molecule has 1 aromatic carbocycles. The third-order valence-corrected chi connectivity index (χ3v) is 8.34. The summed E-state index contributed by atoms with van der Waals surface area (Å²) in [4.78, 5) is 7.05. The molecule has 1 aromatic rings. The Kier molecular flexibility index (Phi) is 2.60. The van der Waals surface area contributed by atoms with E-state index >= 15 is 0 Å². The molecule has 1 heterocycles. The molecule has 0 aromatic heterocycles. The molecule has 0 radical (unpaired) electrons. The van der Waals surface area contributed by atoms with Crippen LogP contribution in [0.3, 0.4) is 0 Å². The van der Waals surface area contributed by atoms with E-state index in [0.29, 0.717) is 10.8 Å². The molecule has 0 bridgehead atoms. The normalized spacial score (nSPS) is 14.6. The number of rotatable bonds is 1. The van der Waals surface area contributed by atoms with Crippen molar-refractivity contribution >= 4 is 33.6 Å². The molecule has 0 atom stereocenters. The molecule has 76 valence electrons. The first-order valence-electron chi connectivity index (χ1n) is 4.58. The van der Waals surface area contributed by atoms with Gasteiger partial charge in [-0.05, 0) is 0 Å². The fourth-order valence-electron chi connectivity index (χ4n) is 1.40. The van der Waals surface area contributed by atoms with Crippen LogP contribution in [0.15, 0.2) is 12.1 Å². The van der Waals surface area contributed by atoms with E-state index in [2.05, 4.69) is 20.9 Å². The Morgan fingerprint density at radius 2 is 1.93 bits per heavy atom. The molecule has 4 heteroatoms. The molecule has 0 spiro atoms. The van der Waals surface area contributed by atoms with E-state index in [0.717, 1.165) is 5.75 Å². The molecular formula is C10H13ClO2Sn. The van der Waals surface area contributed by atoms with E-state index in [1.165, 1.54) is 3.58 Å². The summed E-state index contributed by atoms with van der Waals surface area (Å²) in [6.45, 7) is 0.290. The van der Waals surface area contributed by atoms with Gasteiger partial charge in [-0.2, -0.15) is 0 Å². The zero-order chi connectivity index (χ0) is 10.3. The Bertz CT molecular complexity index is 371. The predicted molar refractivity (Wildman–Crippen MR) is 60.6 cm³/mol. The van der Waals surface area contributed by atoms with Crippen LogP contribution in [0.4, 0.5) is 0 Å². The van der Waals surface area contributed by atoms with Gasteiger partial charge in [0.2, 0.25) is 0 Å². The summed E-state index contributed by atoms with van der Waals surface area (Å²) in [5.74, 6) is 1.50. The van der Waals surface area contributed by atoms with Gasteiger partial charge in [0, 0.05) is 0 Å². The Hall–Kier alpha value is -0.0913. The Balaban J connectivity index is 2.52. The molecule has 0 fully saturated rings. The number of hydrogen-bond acceptors (Lipinski definition) is 2. The van der Waals surface area contributed by atoms with Gasteiger partial charge in [0.15, 0.2) is 0 Å². The number of fused-ring (bicyclic) bond motifs is 1. The van der Waals surface area contributed by atoms with Gasteiger partial charge in [-0.15, -0.1) is 0 Å². The van der Waals surface area contributed by atoms with E-state index in [-0.39, 0.29) is 6.79 Å². The molecule has 2 nitrogen and oxygen atoms in total. The van der Waals surface area contributed by atoms with Crippen molar-refractivity contribution < 1.29 is 9.47 Å². The van der Waals surface area contributed by atoms with Crippen molar-refractivity contribution in [3.63, 3.8) is 0 Å². The predicted octanol–water partition coefficient (Wildman–Crippen LogP) is 2.61. The van der Waals surface area contributed by atoms with Crippen LogP contribution >= 0.6 is 11.6 Å². The molecular weight excluding hydrogens is 306 g/mol. The van der Waals surface area contributed by atoms with Crippen LogP contribution in [0, 0.1) is 0 Å². The Labute approximate surface area is 93.0 Å². The summed E-state index contributed by atoms with van der Waals surface area (Å²) in [5, 5.41) is 0.682. The van der Waals surface area contributed by atoms with Crippen LogP contribution < -0.4 is 13.1 Å². The van der Waals surface area contributed by atoms with Gasteiger partial charge in [-0.25, -0.2) is 0 Å². The molecule has 0 saturated heterocycles. The van der Waals surface area contributed by atoms with Crippen LogP contribution in [0.5, 0.6) is 11.5 Å². The van der Waals surface area contributed by atoms with Crippen LogP contribution in [-0.4, -0.2) is 25.2 Å². The summed E-state index contributed by atoms with van der Waals surface area (Å²) < 4.78 is 12.0. The standard InChI is InChI=1S/C7H4ClO2.3CH3.Sn/c8-5-2-1-3-6-7(5)10-4-9-6;;;;/h2-3H,4H2;3*1H3;. The van der Waals surface area contributed by atoms with Crippen LogP contribution in [-0.2, 0) is 0 Å². The quantitative estimate of drug-likeness (QED) is 0.741. The molecule has 0 unspecified atom stereocenters. The third kappa shape index (κ3) is 1.82. The molecule has 0 N–H and O–H groups in total. The second kappa shape index (κ2) is 3.49. The van der Waals surface area contributed by atoms with E-state index in [4.69, 9.17) is 21.1 Å². The van der Waals surface area contributed by atoms with Gasteiger partial charge in [0.05, 0.1) is 0 Å². The van der Waals surface area contributed by atoms with Crippen LogP contribution in [0.25, 0.3) is 0 Å². The monoisotopic (exact) mass is 320 g/mol. The second-order valence-electron chi connectivity index (χ2n) is 4.44. The zero-order valence-electron chi connectivity index (χ0n) is 8.56. The van der Waals surface area contributed by atoms with Gasteiger partial charge in [0.25, 0.3) is 0 Å². The zero-order valence-corrected chi connectivity index (χ0v) is 12.2. The fourth-order valence-corrected chi connectivity index (χ4v) is 5.18. The molecule has 0 aliphatic carbocycles. The first-order valence-corrected chi connectivity index (χ1v) is 14.9. The number of hydrogen-bond donors (Lipinski definition) is 0. The second-order valence-corrected chi connectivity index (χ2v) is 19.3. The molecule has 1 aliphatic heterocycles. The van der Waals surface area contributed by atoms with E-state index in [1.807, 2.05) is 6.07 Å². The minimum atomic E-state index is -2.05. The number of benzene rings is 1. The fraction of sp³-hybridized carbons (Fsp3) is 0.400. The van der Waals surface area contributed by atoms with Crippen molar-refractivity contribution in [2.45, 2.75) is 14.8 Å².